The van der Waals surface area contributed by atoms with Gasteiger partial charge >= 0.3 is 5.97 Å². The van der Waals surface area contributed by atoms with E-state index in [-0.39, 0.29) is 5.56 Å². The van der Waals surface area contributed by atoms with Crippen molar-refractivity contribution in [2.45, 2.75) is 45.1 Å². The van der Waals surface area contributed by atoms with E-state index in [0.29, 0.717) is 6.04 Å². The second-order valence-corrected chi connectivity index (χ2v) is 7.90. The van der Waals surface area contributed by atoms with Gasteiger partial charge in [0.25, 0.3) is 0 Å². The Hall–Kier alpha value is -3.41. The van der Waals surface area contributed by atoms with Crippen LogP contribution in [0.3, 0.4) is 0 Å². The van der Waals surface area contributed by atoms with Crippen LogP contribution in [0.1, 0.15) is 54.7 Å². The Balaban J connectivity index is 1.60. The minimum atomic E-state index is -0.931. The second-order valence-electron chi connectivity index (χ2n) is 7.90. The normalized spacial score (nSPS) is 14.6. The highest BCUT2D eigenvalue weighted by molar-refractivity contribution is 5.88. The molecule has 2 aromatic heterocycles. The van der Waals surface area contributed by atoms with E-state index in [2.05, 4.69) is 34.9 Å². The van der Waals surface area contributed by atoms with Gasteiger partial charge in [0.15, 0.2) is 0 Å². The highest BCUT2D eigenvalue weighted by Gasteiger charge is 2.22. The number of aromatic nitrogens is 4. The lowest BCUT2D eigenvalue weighted by atomic mass is 10.1. The summed E-state index contributed by atoms with van der Waals surface area (Å²) in [6, 6.07) is 15.8. The van der Waals surface area contributed by atoms with Gasteiger partial charge in [0, 0.05) is 10.9 Å². The fraction of sp³-hybridized carbons (Fsp3) is 0.292. The van der Waals surface area contributed by atoms with E-state index in [0.717, 1.165) is 29.1 Å². The molecule has 1 aliphatic carbocycles. The lowest BCUT2D eigenvalue weighted by Crippen LogP contribution is -2.07. The van der Waals surface area contributed by atoms with Crippen molar-refractivity contribution in [2.24, 2.45) is 0 Å². The van der Waals surface area contributed by atoms with Crippen LogP contribution in [0, 0.1) is 0 Å². The molecule has 0 amide bonds. The minimum Gasteiger partial charge on any atom is -0.478 e. The molecule has 2 heterocycles. The summed E-state index contributed by atoms with van der Waals surface area (Å²) in [6.45, 7) is 2.16. The topological polar surface area (TPSA) is 72.9 Å². The average molecular weight is 400 g/mol. The standard InChI is InChI=1S/C24H24N4O2/c1-2-21-20-12-9-17(15-23(20)28(26-21)18-5-3-4-6-18)22-13-14-25-27(22)19-10-7-16(8-11-19)24(29)30/h7-15,18H,2-6H2,1H3,(H,29,30). The summed E-state index contributed by atoms with van der Waals surface area (Å²) < 4.78 is 4.09. The van der Waals surface area contributed by atoms with Gasteiger partial charge in [-0.2, -0.15) is 10.2 Å². The predicted octanol–water partition coefficient (Wildman–Crippen LogP) is 5.26. The maximum atomic E-state index is 11.1. The summed E-state index contributed by atoms with van der Waals surface area (Å²) in [5, 5.41) is 19.8. The highest BCUT2D eigenvalue weighted by atomic mass is 16.4. The fourth-order valence-corrected chi connectivity index (χ4v) is 4.52. The summed E-state index contributed by atoms with van der Waals surface area (Å²) in [4.78, 5) is 11.1. The second kappa shape index (κ2) is 7.44. The van der Waals surface area contributed by atoms with Crippen molar-refractivity contribution in [2.75, 3.05) is 0 Å². The molecular weight excluding hydrogens is 376 g/mol. The van der Waals surface area contributed by atoms with Gasteiger partial charge in [-0.1, -0.05) is 31.9 Å². The van der Waals surface area contributed by atoms with Crippen LogP contribution in [-0.2, 0) is 6.42 Å². The first-order valence-corrected chi connectivity index (χ1v) is 10.5. The van der Waals surface area contributed by atoms with Crippen molar-refractivity contribution in [3.8, 4) is 16.9 Å². The smallest absolute Gasteiger partial charge is 0.335 e. The van der Waals surface area contributed by atoms with Gasteiger partial charge in [-0.3, -0.25) is 4.68 Å². The Kier molecular flexibility index (Phi) is 4.62. The van der Waals surface area contributed by atoms with E-state index in [1.54, 1.807) is 30.5 Å². The molecule has 6 nitrogen and oxygen atoms in total. The van der Waals surface area contributed by atoms with Crippen molar-refractivity contribution in [1.82, 2.24) is 19.6 Å². The van der Waals surface area contributed by atoms with Gasteiger partial charge in [0.1, 0.15) is 0 Å². The van der Waals surface area contributed by atoms with Crippen LogP contribution in [0.4, 0.5) is 0 Å². The lowest BCUT2D eigenvalue weighted by molar-refractivity contribution is 0.0697. The first-order chi connectivity index (χ1) is 14.7. The highest BCUT2D eigenvalue weighted by Crippen LogP contribution is 2.35. The van der Waals surface area contributed by atoms with E-state index in [1.807, 2.05) is 10.7 Å². The average Bonchev–Trinajstić information content (AvgIpc) is 3.52. The third-order valence-electron chi connectivity index (χ3n) is 6.09. The van der Waals surface area contributed by atoms with Crippen molar-refractivity contribution in [3.05, 3.63) is 66.0 Å². The maximum Gasteiger partial charge on any atom is 0.335 e. The number of carboxylic acids is 1. The predicted molar refractivity (Wildman–Crippen MR) is 116 cm³/mol. The quantitative estimate of drug-likeness (QED) is 0.496. The molecular formula is C24H24N4O2. The summed E-state index contributed by atoms with van der Waals surface area (Å²) in [6.07, 6.45) is 7.62. The molecule has 0 spiro atoms. The molecule has 4 aromatic rings. The maximum absolute atomic E-state index is 11.1. The molecule has 1 fully saturated rings. The number of aromatic carboxylic acids is 1. The van der Waals surface area contributed by atoms with Crippen LogP contribution in [0.5, 0.6) is 0 Å². The third kappa shape index (κ3) is 3.09. The number of carboxylic acid groups (broad SMARTS) is 1. The molecule has 2 aromatic carbocycles. The van der Waals surface area contributed by atoms with Gasteiger partial charge in [0.05, 0.1) is 40.4 Å². The SMILES string of the molecule is CCc1nn(C2CCCC2)c2cc(-c3ccnn3-c3ccc(C(=O)O)cc3)ccc12. The van der Waals surface area contributed by atoms with Crippen LogP contribution < -0.4 is 0 Å². The monoisotopic (exact) mass is 400 g/mol. The van der Waals surface area contributed by atoms with Crippen LogP contribution >= 0.6 is 0 Å². The Morgan fingerprint density at radius 2 is 1.87 bits per heavy atom. The van der Waals surface area contributed by atoms with Crippen LogP contribution in [0.2, 0.25) is 0 Å². The third-order valence-corrected chi connectivity index (χ3v) is 6.09. The molecule has 0 bridgehead atoms. The van der Waals surface area contributed by atoms with E-state index >= 15 is 0 Å². The van der Waals surface area contributed by atoms with Crippen molar-refractivity contribution in [1.29, 1.82) is 0 Å². The summed E-state index contributed by atoms with van der Waals surface area (Å²) in [5.74, 6) is -0.931. The minimum absolute atomic E-state index is 0.265. The first-order valence-electron chi connectivity index (χ1n) is 10.5. The number of fused-ring (bicyclic) bond motifs is 1. The molecule has 0 saturated heterocycles. The van der Waals surface area contributed by atoms with E-state index in [4.69, 9.17) is 10.2 Å². The van der Waals surface area contributed by atoms with Crippen molar-refractivity contribution < 1.29 is 9.90 Å². The number of aryl methyl sites for hydroxylation is 1. The Morgan fingerprint density at radius 1 is 1.10 bits per heavy atom. The van der Waals surface area contributed by atoms with Crippen LogP contribution in [0.25, 0.3) is 27.8 Å². The van der Waals surface area contributed by atoms with Crippen LogP contribution in [-0.4, -0.2) is 30.6 Å². The van der Waals surface area contributed by atoms with E-state index in [9.17, 15) is 4.79 Å². The van der Waals surface area contributed by atoms with Crippen molar-refractivity contribution >= 4 is 16.9 Å². The molecule has 0 aliphatic heterocycles. The Morgan fingerprint density at radius 3 is 2.57 bits per heavy atom. The van der Waals surface area contributed by atoms with E-state index in [1.165, 1.54) is 36.6 Å². The summed E-state index contributed by atoms with van der Waals surface area (Å²) >= 11 is 0. The molecule has 30 heavy (non-hydrogen) atoms. The fourth-order valence-electron chi connectivity index (χ4n) is 4.52. The number of carbonyl (C=O) groups is 1. The molecule has 152 valence electrons. The van der Waals surface area contributed by atoms with Gasteiger partial charge in [0.2, 0.25) is 0 Å². The Labute approximate surface area is 174 Å². The zero-order chi connectivity index (χ0) is 20.7. The lowest BCUT2D eigenvalue weighted by Gasteiger charge is -2.12. The molecule has 1 N–H and O–H groups in total. The van der Waals surface area contributed by atoms with Crippen LogP contribution in [0.15, 0.2) is 54.7 Å². The van der Waals surface area contributed by atoms with E-state index < -0.39 is 5.97 Å². The number of rotatable bonds is 5. The zero-order valence-electron chi connectivity index (χ0n) is 17.0. The number of nitrogens with zero attached hydrogens (tertiary/aromatic N) is 4. The molecule has 0 atom stereocenters. The molecule has 1 aliphatic rings. The van der Waals surface area contributed by atoms with Gasteiger partial charge in [-0.25, -0.2) is 9.48 Å². The van der Waals surface area contributed by atoms with Gasteiger partial charge in [-0.15, -0.1) is 0 Å². The number of hydrogen-bond acceptors (Lipinski definition) is 3. The van der Waals surface area contributed by atoms with Crippen molar-refractivity contribution in [3.63, 3.8) is 0 Å². The van der Waals surface area contributed by atoms with Gasteiger partial charge < -0.3 is 5.11 Å². The number of benzene rings is 2. The zero-order valence-corrected chi connectivity index (χ0v) is 17.0. The Bertz CT molecular complexity index is 1210. The summed E-state index contributed by atoms with van der Waals surface area (Å²) in [7, 11) is 0. The molecule has 6 heteroatoms. The molecule has 1 saturated carbocycles. The molecule has 0 unspecified atom stereocenters. The number of hydrogen-bond donors (Lipinski definition) is 1. The molecule has 5 rings (SSSR count). The largest absolute Gasteiger partial charge is 0.478 e. The summed E-state index contributed by atoms with van der Waals surface area (Å²) in [5.41, 5.74) is 5.48. The molecule has 0 radical (unpaired) electrons. The first kappa shape index (κ1) is 18.6. The van der Waals surface area contributed by atoms with Gasteiger partial charge in [-0.05, 0) is 55.7 Å².